The zero-order chi connectivity index (χ0) is 13.5. The van der Waals surface area contributed by atoms with Crippen molar-refractivity contribution in [3.8, 4) is 22.8 Å². The van der Waals surface area contributed by atoms with Gasteiger partial charge >= 0.3 is 0 Å². The van der Waals surface area contributed by atoms with Crippen LogP contribution in [0.15, 0.2) is 36.5 Å². The van der Waals surface area contributed by atoms with Gasteiger partial charge in [-0.2, -0.15) is 0 Å². The first-order valence-corrected chi connectivity index (χ1v) is 6.51. The average molecular weight is 255 g/mol. The highest BCUT2D eigenvalue weighted by Gasteiger charge is 2.28. The van der Waals surface area contributed by atoms with Crippen molar-refractivity contribution in [3.63, 3.8) is 0 Å². The van der Waals surface area contributed by atoms with Crippen LogP contribution in [-0.2, 0) is 6.42 Å². The van der Waals surface area contributed by atoms with Crippen LogP contribution in [-0.4, -0.2) is 15.7 Å². The maximum absolute atomic E-state index is 10.2. The molecular formula is C16H17NO2. The minimum absolute atomic E-state index is 0.178. The lowest BCUT2D eigenvalue weighted by molar-refractivity contribution is 0.0838. The SMILES string of the molecule is CC1(C)CCc2c(O)cc(-c3ccccn3)cc2O1. The molecule has 0 saturated heterocycles. The molecule has 1 aliphatic rings. The monoisotopic (exact) mass is 255 g/mol. The predicted molar refractivity (Wildman–Crippen MR) is 74.4 cm³/mol. The van der Waals surface area contributed by atoms with Gasteiger partial charge in [-0.25, -0.2) is 0 Å². The number of benzene rings is 1. The molecule has 1 aromatic carbocycles. The normalized spacial score (nSPS) is 16.5. The first-order chi connectivity index (χ1) is 9.05. The first-order valence-electron chi connectivity index (χ1n) is 6.51. The maximum atomic E-state index is 10.2. The van der Waals surface area contributed by atoms with Gasteiger partial charge in [0.25, 0.3) is 0 Å². The molecule has 1 N–H and O–H groups in total. The second-order valence-corrected chi connectivity index (χ2v) is 5.55. The van der Waals surface area contributed by atoms with Gasteiger partial charge in [0.15, 0.2) is 0 Å². The lowest BCUT2D eigenvalue weighted by Crippen LogP contribution is -2.32. The molecule has 0 atom stereocenters. The number of phenolic OH excluding ortho intramolecular Hbond substituents is 1. The first kappa shape index (κ1) is 12.0. The fourth-order valence-corrected chi connectivity index (χ4v) is 2.43. The van der Waals surface area contributed by atoms with Gasteiger partial charge in [-0.1, -0.05) is 6.07 Å². The van der Waals surface area contributed by atoms with E-state index in [0.29, 0.717) is 5.75 Å². The minimum atomic E-state index is -0.178. The summed E-state index contributed by atoms with van der Waals surface area (Å²) in [5, 5.41) is 10.2. The molecule has 98 valence electrons. The molecule has 2 aromatic rings. The molecule has 0 radical (unpaired) electrons. The summed E-state index contributed by atoms with van der Waals surface area (Å²) in [6.07, 6.45) is 3.50. The summed E-state index contributed by atoms with van der Waals surface area (Å²) in [6, 6.07) is 9.47. The van der Waals surface area contributed by atoms with E-state index < -0.39 is 0 Å². The Morgan fingerprint density at radius 1 is 1.26 bits per heavy atom. The topological polar surface area (TPSA) is 42.4 Å². The highest BCUT2D eigenvalue weighted by atomic mass is 16.5. The molecule has 0 aliphatic carbocycles. The van der Waals surface area contributed by atoms with E-state index in [9.17, 15) is 5.11 Å². The number of hydrogen-bond acceptors (Lipinski definition) is 3. The van der Waals surface area contributed by atoms with Crippen LogP contribution in [0.2, 0.25) is 0 Å². The largest absolute Gasteiger partial charge is 0.508 e. The molecule has 3 rings (SSSR count). The number of pyridine rings is 1. The summed E-state index contributed by atoms with van der Waals surface area (Å²) in [5.41, 5.74) is 2.45. The highest BCUT2D eigenvalue weighted by molar-refractivity contribution is 5.66. The number of hydrogen-bond donors (Lipinski definition) is 1. The third-order valence-corrected chi connectivity index (χ3v) is 3.51. The number of ether oxygens (including phenoxy) is 1. The average Bonchev–Trinajstić information content (AvgIpc) is 2.38. The summed E-state index contributed by atoms with van der Waals surface area (Å²) in [4.78, 5) is 4.31. The van der Waals surface area contributed by atoms with E-state index in [0.717, 1.165) is 35.4 Å². The van der Waals surface area contributed by atoms with Gasteiger partial charge in [-0.05, 0) is 51.0 Å². The second-order valence-electron chi connectivity index (χ2n) is 5.55. The van der Waals surface area contributed by atoms with Gasteiger partial charge in [0.05, 0.1) is 5.69 Å². The molecule has 1 aliphatic heterocycles. The Hall–Kier alpha value is -2.03. The van der Waals surface area contributed by atoms with Gasteiger partial charge in [0.1, 0.15) is 17.1 Å². The van der Waals surface area contributed by atoms with Gasteiger partial charge < -0.3 is 9.84 Å². The minimum Gasteiger partial charge on any atom is -0.508 e. The van der Waals surface area contributed by atoms with Crippen molar-refractivity contribution >= 4 is 0 Å². The third-order valence-electron chi connectivity index (χ3n) is 3.51. The fraction of sp³-hybridized carbons (Fsp3) is 0.312. The lowest BCUT2D eigenvalue weighted by Gasteiger charge is -2.33. The van der Waals surface area contributed by atoms with Gasteiger partial charge in [0, 0.05) is 17.3 Å². The maximum Gasteiger partial charge on any atom is 0.127 e. The van der Waals surface area contributed by atoms with E-state index in [2.05, 4.69) is 18.8 Å². The molecule has 0 unspecified atom stereocenters. The quantitative estimate of drug-likeness (QED) is 0.847. The van der Waals surface area contributed by atoms with Crippen molar-refractivity contribution in [3.05, 3.63) is 42.1 Å². The van der Waals surface area contributed by atoms with Crippen molar-refractivity contribution in [2.45, 2.75) is 32.3 Å². The van der Waals surface area contributed by atoms with Crippen molar-refractivity contribution in [2.75, 3.05) is 0 Å². The smallest absolute Gasteiger partial charge is 0.127 e. The van der Waals surface area contributed by atoms with Crippen LogP contribution in [0.4, 0.5) is 0 Å². The molecule has 0 spiro atoms. The van der Waals surface area contributed by atoms with Crippen molar-refractivity contribution in [2.24, 2.45) is 0 Å². The summed E-state index contributed by atoms with van der Waals surface area (Å²) in [7, 11) is 0. The standard InChI is InChI=1S/C16H17NO2/c1-16(2)7-6-12-14(18)9-11(10-15(12)19-16)13-5-3-4-8-17-13/h3-5,8-10,18H,6-7H2,1-2H3. The summed E-state index contributed by atoms with van der Waals surface area (Å²) in [5.74, 6) is 1.07. The van der Waals surface area contributed by atoms with E-state index in [4.69, 9.17) is 4.74 Å². The van der Waals surface area contributed by atoms with E-state index in [1.54, 1.807) is 12.3 Å². The van der Waals surface area contributed by atoms with Gasteiger partial charge in [-0.3, -0.25) is 4.98 Å². The molecule has 19 heavy (non-hydrogen) atoms. The van der Waals surface area contributed by atoms with Crippen molar-refractivity contribution in [1.82, 2.24) is 4.98 Å². The zero-order valence-corrected chi connectivity index (χ0v) is 11.2. The Morgan fingerprint density at radius 2 is 2.11 bits per heavy atom. The third kappa shape index (κ3) is 2.28. The van der Waals surface area contributed by atoms with Crippen molar-refractivity contribution in [1.29, 1.82) is 0 Å². The Balaban J connectivity index is 2.09. The van der Waals surface area contributed by atoms with Crippen LogP contribution in [0.1, 0.15) is 25.8 Å². The van der Waals surface area contributed by atoms with E-state index in [-0.39, 0.29) is 5.60 Å². The Bertz CT molecular complexity index is 606. The number of aromatic hydroxyl groups is 1. The van der Waals surface area contributed by atoms with Crippen LogP contribution in [0.5, 0.6) is 11.5 Å². The number of phenols is 1. The molecule has 2 heterocycles. The van der Waals surface area contributed by atoms with E-state index in [1.165, 1.54) is 0 Å². The van der Waals surface area contributed by atoms with Crippen molar-refractivity contribution < 1.29 is 9.84 Å². The van der Waals surface area contributed by atoms with Crippen LogP contribution < -0.4 is 4.74 Å². The second kappa shape index (κ2) is 4.26. The Morgan fingerprint density at radius 3 is 2.84 bits per heavy atom. The summed E-state index contributed by atoms with van der Waals surface area (Å²) >= 11 is 0. The lowest BCUT2D eigenvalue weighted by atomic mass is 9.92. The fourth-order valence-electron chi connectivity index (χ4n) is 2.43. The number of nitrogens with zero attached hydrogens (tertiary/aromatic N) is 1. The van der Waals surface area contributed by atoms with Crippen LogP contribution in [0.3, 0.4) is 0 Å². The Kier molecular flexibility index (Phi) is 2.70. The van der Waals surface area contributed by atoms with Crippen LogP contribution >= 0.6 is 0 Å². The number of fused-ring (bicyclic) bond motifs is 1. The zero-order valence-electron chi connectivity index (χ0n) is 11.2. The highest BCUT2D eigenvalue weighted by Crippen LogP contribution is 2.40. The number of rotatable bonds is 1. The number of aromatic nitrogens is 1. The summed E-state index contributed by atoms with van der Waals surface area (Å²) < 4.78 is 5.97. The van der Waals surface area contributed by atoms with E-state index in [1.807, 2.05) is 24.3 Å². The molecule has 0 amide bonds. The van der Waals surface area contributed by atoms with Gasteiger partial charge in [0.2, 0.25) is 0 Å². The Labute approximate surface area is 112 Å². The molecule has 1 aromatic heterocycles. The van der Waals surface area contributed by atoms with E-state index >= 15 is 0 Å². The molecule has 0 saturated carbocycles. The summed E-state index contributed by atoms with van der Waals surface area (Å²) in [6.45, 7) is 4.14. The van der Waals surface area contributed by atoms with Crippen LogP contribution in [0, 0.1) is 0 Å². The molecule has 3 nitrogen and oxygen atoms in total. The molecule has 3 heteroatoms. The molecular weight excluding hydrogens is 238 g/mol. The molecule has 0 fully saturated rings. The predicted octanol–water partition coefficient (Wildman–Crippen LogP) is 3.56. The molecule has 0 bridgehead atoms. The van der Waals surface area contributed by atoms with Crippen LogP contribution in [0.25, 0.3) is 11.3 Å². The van der Waals surface area contributed by atoms with Gasteiger partial charge in [-0.15, -0.1) is 0 Å².